The highest BCUT2D eigenvalue weighted by atomic mass is 16.3. The lowest BCUT2D eigenvalue weighted by atomic mass is 9.91. The second-order valence-corrected chi connectivity index (χ2v) is 6.21. The number of aromatic nitrogens is 2. The average Bonchev–Trinajstić information content (AvgIpc) is 2.47. The minimum absolute atomic E-state index is 0.209. The van der Waals surface area contributed by atoms with E-state index in [2.05, 4.69) is 41.0 Å². The Bertz CT molecular complexity index is 454. The Balaban J connectivity index is 2.22. The van der Waals surface area contributed by atoms with E-state index in [1.54, 1.807) is 6.33 Å². The number of piperidine rings is 1. The van der Waals surface area contributed by atoms with Crippen LogP contribution in [0, 0.1) is 5.92 Å². The van der Waals surface area contributed by atoms with Crippen LogP contribution in [0.4, 0.5) is 11.6 Å². The number of nitrogens with one attached hydrogen (secondary N) is 1. The van der Waals surface area contributed by atoms with Crippen LogP contribution in [-0.4, -0.2) is 40.8 Å². The summed E-state index contributed by atoms with van der Waals surface area (Å²) in [6.45, 7) is 11.1. The number of hydrogen-bond acceptors (Lipinski definition) is 5. The summed E-state index contributed by atoms with van der Waals surface area (Å²) < 4.78 is 0. The first-order valence-corrected chi connectivity index (χ1v) is 8.06. The molecule has 5 heteroatoms. The van der Waals surface area contributed by atoms with Crippen molar-refractivity contribution in [1.29, 1.82) is 0 Å². The second kappa shape index (κ2) is 7.07. The SMILES string of the molecule is CCNc1ncnc(N2CCC(C(C)O)CC2)c1C(C)C. The van der Waals surface area contributed by atoms with Gasteiger partial charge in [0.2, 0.25) is 0 Å². The Hall–Kier alpha value is -1.36. The molecule has 0 aliphatic carbocycles. The zero-order chi connectivity index (χ0) is 15.4. The minimum Gasteiger partial charge on any atom is -0.393 e. The molecule has 0 spiro atoms. The summed E-state index contributed by atoms with van der Waals surface area (Å²) in [6.07, 6.45) is 3.49. The van der Waals surface area contributed by atoms with E-state index in [1.807, 2.05) is 6.92 Å². The number of nitrogens with zero attached hydrogens (tertiary/aromatic N) is 3. The fraction of sp³-hybridized carbons (Fsp3) is 0.750. The first-order valence-electron chi connectivity index (χ1n) is 8.06. The van der Waals surface area contributed by atoms with Gasteiger partial charge in [-0.15, -0.1) is 0 Å². The molecule has 21 heavy (non-hydrogen) atoms. The number of anilines is 2. The molecule has 1 fully saturated rings. The highest BCUT2D eigenvalue weighted by molar-refractivity contribution is 5.60. The average molecular weight is 292 g/mol. The summed E-state index contributed by atoms with van der Waals surface area (Å²) in [5.41, 5.74) is 1.20. The summed E-state index contributed by atoms with van der Waals surface area (Å²) in [6, 6.07) is 0. The molecule has 1 saturated heterocycles. The van der Waals surface area contributed by atoms with Gasteiger partial charge in [0.1, 0.15) is 18.0 Å². The van der Waals surface area contributed by atoms with Crippen molar-refractivity contribution in [2.75, 3.05) is 29.9 Å². The second-order valence-electron chi connectivity index (χ2n) is 6.21. The lowest BCUT2D eigenvalue weighted by molar-refractivity contribution is 0.109. The third-order valence-electron chi connectivity index (χ3n) is 4.31. The van der Waals surface area contributed by atoms with Crippen LogP contribution in [-0.2, 0) is 0 Å². The van der Waals surface area contributed by atoms with Gasteiger partial charge in [0, 0.05) is 25.2 Å². The predicted molar refractivity (Wildman–Crippen MR) is 86.9 cm³/mol. The van der Waals surface area contributed by atoms with E-state index in [4.69, 9.17) is 0 Å². The molecule has 0 bridgehead atoms. The van der Waals surface area contributed by atoms with Gasteiger partial charge in [0.05, 0.1) is 6.10 Å². The molecule has 1 aromatic heterocycles. The van der Waals surface area contributed by atoms with E-state index in [9.17, 15) is 5.11 Å². The molecule has 2 N–H and O–H groups in total. The van der Waals surface area contributed by atoms with Gasteiger partial charge in [-0.25, -0.2) is 9.97 Å². The van der Waals surface area contributed by atoms with Gasteiger partial charge < -0.3 is 15.3 Å². The predicted octanol–water partition coefficient (Wildman–Crippen LogP) is 2.63. The quantitative estimate of drug-likeness (QED) is 0.873. The maximum Gasteiger partial charge on any atom is 0.137 e. The van der Waals surface area contributed by atoms with Crippen LogP contribution in [0.25, 0.3) is 0 Å². The van der Waals surface area contributed by atoms with Crippen LogP contribution in [0.3, 0.4) is 0 Å². The van der Waals surface area contributed by atoms with E-state index in [0.29, 0.717) is 11.8 Å². The first kappa shape index (κ1) is 16.0. The number of aliphatic hydroxyl groups is 1. The summed E-state index contributed by atoms with van der Waals surface area (Å²) in [7, 11) is 0. The lowest BCUT2D eigenvalue weighted by Gasteiger charge is -2.35. The molecule has 0 amide bonds. The van der Waals surface area contributed by atoms with E-state index >= 15 is 0 Å². The fourth-order valence-corrected chi connectivity index (χ4v) is 3.07. The van der Waals surface area contributed by atoms with Crippen molar-refractivity contribution in [2.45, 2.75) is 52.6 Å². The monoisotopic (exact) mass is 292 g/mol. The van der Waals surface area contributed by atoms with Gasteiger partial charge in [-0.3, -0.25) is 0 Å². The number of aliphatic hydroxyl groups excluding tert-OH is 1. The van der Waals surface area contributed by atoms with Crippen LogP contribution in [0.15, 0.2) is 6.33 Å². The topological polar surface area (TPSA) is 61.3 Å². The molecule has 0 aromatic carbocycles. The summed E-state index contributed by atoms with van der Waals surface area (Å²) >= 11 is 0. The largest absolute Gasteiger partial charge is 0.393 e. The summed E-state index contributed by atoms with van der Waals surface area (Å²) in [5, 5.41) is 13.1. The van der Waals surface area contributed by atoms with Gasteiger partial charge in [0.25, 0.3) is 0 Å². The molecule has 2 heterocycles. The Morgan fingerprint density at radius 1 is 1.29 bits per heavy atom. The van der Waals surface area contributed by atoms with Crippen LogP contribution in [0.2, 0.25) is 0 Å². The zero-order valence-electron chi connectivity index (χ0n) is 13.6. The van der Waals surface area contributed by atoms with Crippen LogP contribution < -0.4 is 10.2 Å². The van der Waals surface area contributed by atoms with Crippen molar-refractivity contribution in [3.63, 3.8) is 0 Å². The van der Waals surface area contributed by atoms with Gasteiger partial charge in [0.15, 0.2) is 0 Å². The molecular formula is C16H28N4O. The van der Waals surface area contributed by atoms with Gasteiger partial charge in [-0.2, -0.15) is 0 Å². The molecule has 0 saturated carbocycles. The van der Waals surface area contributed by atoms with Crippen LogP contribution >= 0.6 is 0 Å². The Morgan fingerprint density at radius 2 is 1.95 bits per heavy atom. The van der Waals surface area contributed by atoms with E-state index < -0.39 is 0 Å². The van der Waals surface area contributed by atoms with Crippen molar-refractivity contribution in [3.05, 3.63) is 11.9 Å². The van der Waals surface area contributed by atoms with Crippen molar-refractivity contribution < 1.29 is 5.11 Å². The van der Waals surface area contributed by atoms with Crippen molar-refractivity contribution >= 4 is 11.6 Å². The maximum absolute atomic E-state index is 9.74. The van der Waals surface area contributed by atoms with Crippen molar-refractivity contribution in [1.82, 2.24) is 9.97 Å². The molecule has 1 atom stereocenters. The van der Waals surface area contributed by atoms with Crippen molar-refractivity contribution in [3.8, 4) is 0 Å². The molecule has 118 valence electrons. The van der Waals surface area contributed by atoms with Gasteiger partial charge in [-0.05, 0) is 38.5 Å². The number of hydrogen-bond donors (Lipinski definition) is 2. The Morgan fingerprint density at radius 3 is 2.48 bits per heavy atom. The fourth-order valence-electron chi connectivity index (χ4n) is 3.07. The molecule has 2 rings (SSSR count). The highest BCUT2D eigenvalue weighted by Crippen LogP contribution is 2.33. The summed E-state index contributed by atoms with van der Waals surface area (Å²) in [5.74, 6) is 2.80. The molecule has 1 aromatic rings. The Labute approximate surface area is 127 Å². The minimum atomic E-state index is -0.209. The van der Waals surface area contributed by atoms with Crippen LogP contribution in [0.5, 0.6) is 0 Å². The van der Waals surface area contributed by atoms with Crippen LogP contribution in [0.1, 0.15) is 52.0 Å². The molecule has 1 aliphatic rings. The smallest absolute Gasteiger partial charge is 0.137 e. The molecule has 1 unspecified atom stereocenters. The van der Waals surface area contributed by atoms with Crippen molar-refractivity contribution in [2.24, 2.45) is 5.92 Å². The molecule has 1 aliphatic heterocycles. The normalized spacial score (nSPS) is 18.1. The molecule has 5 nitrogen and oxygen atoms in total. The highest BCUT2D eigenvalue weighted by Gasteiger charge is 2.26. The van der Waals surface area contributed by atoms with E-state index in [0.717, 1.165) is 44.1 Å². The van der Waals surface area contributed by atoms with E-state index in [1.165, 1.54) is 5.56 Å². The number of rotatable bonds is 5. The maximum atomic E-state index is 9.74. The molecular weight excluding hydrogens is 264 g/mol. The lowest BCUT2D eigenvalue weighted by Crippen LogP contribution is -2.38. The zero-order valence-corrected chi connectivity index (χ0v) is 13.6. The van der Waals surface area contributed by atoms with Gasteiger partial charge in [-0.1, -0.05) is 13.8 Å². The van der Waals surface area contributed by atoms with E-state index in [-0.39, 0.29) is 6.10 Å². The Kier molecular flexibility index (Phi) is 5.39. The first-order chi connectivity index (χ1) is 10.0. The van der Waals surface area contributed by atoms with Gasteiger partial charge >= 0.3 is 0 Å². The third kappa shape index (κ3) is 3.64. The summed E-state index contributed by atoms with van der Waals surface area (Å²) in [4.78, 5) is 11.3. The standard InChI is InChI=1S/C16H28N4O/c1-5-17-15-14(11(2)3)16(19-10-18-15)20-8-6-13(7-9-20)12(4)21/h10-13,21H,5-9H2,1-4H3,(H,17,18,19). The molecule has 0 radical (unpaired) electrons. The third-order valence-corrected chi connectivity index (χ3v) is 4.31.